The number of benzene rings is 1. The maximum absolute atomic E-state index is 12.1. The third kappa shape index (κ3) is 3.59. The van der Waals surface area contributed by atoms with Crippen LogP contribution < -0.4 is 5.32 Å². The van der Waals surface area contributed by atoms with E-state index >= 15 is 0 Å². The molecule has 0 aromatic heterocycles. The zero-order valence-corrected chi connectivity index (χ0v) is 11.8. The fourth-order valence-electron chi connectivity index (χ4n) is 2.65. The van der Waals surface area contributed by atoms with Gasteiger partial charge in [-0.05, 0) is 49.8 Å². The molecule has 0 spiro atoms. The lowest BCUT2D eigenvalue weighted by molar-refractivity contribution is -0.142. The molecule has 0 saturated heterocycles. The van der Waals surface area contributed by atoms with E-state index in [-0.39, 0.29) is 17.9 Å². The predicted molar refractivity (Wildman–Crippen MR) is 76.7 cm³/mol. The molecule has 1 aromatic rings. The monoisotopic (exact) mass is 275 g/mol. The SMILES string of the molecule is CCc1ccc(C(=O)NC2CCC(C(=O)O)CC2)cc1. The van der Waals surface area contributed by atoms with E-state index in [0.717, 1.165) is 19.3 Å². The topological polar surface area (TPSA) is 66.4 Å². The van der Waals surface area contributed by atoms with Gasteiger partial charge >= 0.3 is 5.97 Å². The van der Waals surface area contributed by atoms with Crippen LogP contribution in [0.15, 0.2) is 24.3 Å². The molecule has 1 aliphatic carbocycles. The van der Waals surface area contributed by atoms with Crippen molar-refractivity contribution in [1.82, 2.24) is 5.32 Å². The third-order valence-corrected chi connectivity index (χ3v) is 4.04. The van der Waals surface area contributed by atoms with Crippen molar-refractivity contribution < 1.29 is 14.7 Å². The van der Waals surface area contributed by atoms with E-state index in [1.807, 2.05) is 24.3 Å². The lowest BCUT2D eigenvalue weighted by Gasteiger charge is -2.26. The molecule has 0 bridgehead atoms. The zero-order chi connectivity index (χ0) is 14.5. The normalized spacial score (nSPS) is 22.2. The molecule has 2 rings (SSSR count). The van der Waals surface area contributed by atoms with Gasteiger partial charge in [0.2, 0.25) is 0 Å². The lowest BCUT2D eigenvalue weighted by Crippen LogP contribution is -2.38. The Morgan fingerprint density at radius 3 is 2.25 bits per heavy atom. The molecule has 0 radical (unpaired) electrons. The maximum Gasteiger partial charge on any atom is 0.306 e. The Morgan fingerprint density at radius 1 is 1.15 bits per heavy atom. The highest BCUT2D eigenvalue weighted by Crippen LogP contribution is 2.24. The predicted octanol–water partition coefficient (Wildman–Crippen LogP) is 2.62. The van der Waals surface area contributed by atoms with Crippen LogP contribution in [0.2, 0.25) is 0 Å². The van der Waals surface area contributed by atoms with Crippen molar-refractivity contribution in [3.63, 3.8) is 0 Å². The lowest BCUT2D eigenvalue weighted by atomic mass is 9.86. The second-order valence-corrected chi connectivity index (χ2v) is 5.41. The van der Waals surface area contributed by atoms with E-state index in [4.69, 9.17) is 5.11 Å². The second-order valence-electron chi connectivity index (χ2n) is 5.41. The van der Waals surface area contributed by atoms with Crippen molar-refractivity contribution in [2.24, 2.45) is 5.92 Å². The first kappa shape index (κ1) is 14.6. The van der Waals surface area contributed by atoms with Crippen molar-refractivity contribution in [2.75, 3.05) is 0 Å². The Hall–Kier alpha value is -1.84. The number of carbonyl (C=O) groups is 2. The van der Waals surface area contributed by atoms with Crippen molar-refractivity contribution in [3.8, 4) is 0 Å². The quantitative estimate of drug-likeness (QED) is 0.887. The second kappa shape index (κ2) is 6.55. The van der Waals surface area contributed by atoms with Crippen molar-refractivity contribution in [1.29, 1.82) is 0 Å². The number of nitrogens with one attached hydrogen (secondary N) is 1. The van der Waals surface area contributed by atoms with Crippen LogP contribution in [-0.4, -0.2) is 23.0 Å². The van der Waals surface area contributed by atoms with E-state index in [2.05, 4.69) is 12.2 Å². The standard InChI is InChI=1S/C16H21NO3/c1-2-11-3-5-12(6-4-11)15(18)17-14-9-7-13(8-10-14)16(19)20/h3-6,13-14H,2,7-10H2,1H3,(H,17,18)(H,19,20). The first-order valence-corrected chi connectivity index (χ1v) is 7.22. The largest absolute Gasteiger partial charge is 0.481 e. The summed E-state index contributed by atoms with van der Waals surface area (Å²) in [4.78, 5) is 23.0. The smallest absolute Gasteiger partial charge is 0.306 e. The molecular weight excluding hydrogens is 254 g/mol. The highest BCUT2D eigenvalue weighted by atomic mass is 16.4. The Morgan fingerprint density at radius 2 is 1.75 bits per heavy atom. The molecule has 0 atom stereocenters. The van der Waals surface area contributed by atoms with E-state index in [9.17, 15) is 9.59 Å². The van der Waals surface area contributed by atoms with Crippen LogP contribution in [0.3, 0.4) is 0 Å². The maximum atomic E-state index is 12.1. The van der Waals surface area contributed by atoms with Crippen molar-refractivity contribution in [2.45, 2.75) is 45.1 Å². The first-order chi connectivity index (χ1) is 9.60. The number of rotatable bonds is 4. The van der Waals surface area contributed by atoms with Crippen LogP contribution in [0, 0.1) is 5.92 Å². The summed E-state index contributed by atoms with van der Waals surface area (Å²) in [6.07, 6.45) is 3.75. The summed E-state index contributed by atoms with van der Waals surface area (Å²) < 4.78 is 0. The molecule has 2 N–H and O–H groups in total. The molecule has 1 fully saturated rings. The van der Waals surface area contributed by atoms with Gasteiger partial charge in [-0.2, -0.15) is 0 Å². The van der Waals surface area contributed by atoms with Crippen molar-refractivity contribution >= 4 is 11.9 Å². The highest BCUT2D eigenvalue weighted by Gasteiger charge is 2.26. The minimum Gasteiger partial charge on any atom is -0.481 e. The van der Waals surface area contributed by atoms with Gasteiger partial charge in [0, 0.05) is 11.6 Å². The number of aryl methyl sites for hydroxylation is 1. The van der Waals surface area contributed by atoms with E-state index in [0.29, 0.717) is 18.4 Å². The minimum atomic E-state index is -0.718. The number of hydrogen-bond acceptors (Lipinski definition) is 2. The molecular formula is C16H21NO3. The summed E-state index contributed by atoms with van der Waals surface area (Å²) in [6.45, 7) is 2.08. The molecule has 1 aliphatic rings. The fraction of sp³-hybridized carbons (Fsp3) is 0.500. The summed E-state index contributed by atoms with van der Waals surface area (Å²) in [6, 6.07) is 7.73. The van der Waals surface area contributed by atoms with E-state index in [1.54, 1.807) is 0 Å². The highest BCUT2D eigenvalue weighted by molar-refractivity contribution is 5.94. The Bertz CT molecular complexity index is 473. The van der Waals surface area contributed by atoms with Crippen LogP contribution >= 0.6 is 0 Å². The van der Waals surface area contributed by atoms with Crippen LogP contribution in [0.25, 0.3) is 0 Å². The van der Waals surface area contributed by atoms with Gasteiger partial charge in [-0.15, -0.1) is 0 Å². The summed E-state index contributed by atoms with van der Waals surface area (Å²) in [5.74, 6) is -1.02. The molecule has 108 valence electrons. The Labute approximate surface area is 119 Å². The van der Waals surface area contributed by atoms with Crippen LogP contribution in [0.5, 0.6) is 0 Å². The zero-order valence-electron chi connectivity index (χ0n) is 11.8. The van der Waals surface area contributed by atoms with Crippen LogP contribution in [0.4, 0.5) is 0 Å². The average molecular weight is 275 g/mol. The van der Waals surface area contributed by atoms with Gasteiger partial charge in [0.1, 0.15) is 0 Å². The molecule has 1 saturated carbocycles. The van der Waals surface area contributed by atoms with Crippen LogP contribution in [0.1, 0.15) is 48.5 Å². The minimum absolute atomic E-state index is 0.0635. The summed E-state index contributed by atoms with van der Waals surface area (Å²) in [7, 11) is 0. The van der Waals surface area contributed by atoms with Gasteiger partial charge in [-0.3, -0.25) is 9.59 Å². The molecule has 4 heteroatoms. The van der Waals surface area contributed by atoms with Gasteiger partial charge < -0.3 is 10.4 Å². The number of amides is 1. The number of carboxylic acids is 1. The van der Waals surface area contributed by atoms with Gasteiger partial charge in [0.25, 0.3) is 5.91 Å². The summed E-state index contributed by atoms with van der Waals surface area (Å²) >= 11 is 0. The molecule has 1 amide bonds. The van der Waals surface area contributed by atoms with Crippen molar-refractivity contribution in [3.05, 3.63) is 35.4 Å². The first-order valence-electron chi connectivity index (χ1n) is 7.22. The molecule has 20 heavy (non-hydrogen) atoms. The molecule has 0 unspecified atom stereocenters. The number of carboxylic acid groups (broad SMARTS) is 1. The fourth-order valence-corrected chi connectivity index (χ4v) is 2.65. The van der Waals surface area contributed by atoms with E-state index in [1.165, 1.54) is 5.56 Å². The Balaban J connectivity index is 1.87. The van der Waals surface area contributed by atoms with Gasteiger partial charge in [-0.1, -0.05) is 19.1 Å². The van der Waals surface area contributed by atoms with Gasteiger partial charge in [-0.25, -0.2) is 0 Å². The Kier molecular flexibility index (Phi) is 4.77. The summed E-state index contributed by atoms with van der Waals surface area (Å²) in [5.41, 5.74) is 1.88. The van der Waals surface area contributed by atoms with Gasteiger partial charge in [0.15, 0.2) is 0 Å². The molecule has 4 nitrogen and oxygen atoms in total. The van der Waals surface area contributed by atoms with Crippen LogP contribution in [-0.2, 0) is 11.2 Å². The molecule has 1 aromatic carbocycles. The molecule has 0 heterocycles. The molecule has 0 aliphatic heterocycles. The average Bonchev–Trinajstić information content (AvgIpc) is 2.48. The van der Waals surface area contributed by atoms with Gasteiger partial charge in [0.05, 0.1) is 5.92 Å². The third-order valence-electron chi connectivity index (χ3n) is 4.04. The van der Waals surface area contributed by atoms with E-state index < -0.39 is 5.97 Å². The number of aliphatic carboxylic acids is 1. The number of hydrogen-bond donors (Lipinski definition) is 2. The number of carbonyl (C=O) groups excluding carboxylic acids is 1. The summed E-state index contributed by atoms with van der Waals surface area (Å²) in [5, 5.41) is 11.9.